The van der Waals surface area contributed by atoms with Crippen molar-refractivity contribution in [2.24, 2.45) is 5.73 Å². The van der Waals surface area contributed by atoms with Gasteiger partial charge in [-0.3, -0.25) is 0 Å². The van der Waals surface area contributed by atoms with Crippen molar-refractivity contribution < 1.29 is 9.13 Å². The highest BCUT2D eigenvalue weighted by Crippen LogP contribution is 2.45. The number of benzene rings is 1. The SMILES string of the molecule is COc1c(Cl)cc(F)cc1C1(CN)CCCCC1. The summed E-state index contributed by atoms with van der Waals surface area (Å²) in [5.41, 5.74) is 6.62. The van der Waals surface area contributed by atoms with Crippen LogP contribution in [0.4, 0.5) is 4.39 Å². The van der Waals surface area contributed by atoms with Gasteiger partial charge in [-0.15, -0.1) is 0 Å². The fourth-order valence-corrected chi connectivity index (χ4v) is 3.26. The van der Waals surface area contributed by atoms with Crippen LogP contribution in [0.15, 0.2) is 12.1 Å². The molecule has 4 heteroatoms. The van der Waals surface area contributed by atoms with Crippen LogP contribution < -0.4 is 10.5 Å². The van der Waals surface area contributed by atoms with Crippen LogP contribution in [-0.4, -0.2) is 13.7 Å². The van der Waals surface area contributed by atoms with Crippen LogP contribution in [0.2, 0.25) is 5.02 Å². The molecule has 0 amide bonds. The van der Waals surface area contributed by atoms with Crippen LogP contribution in [0, 0.1) is 5.82 Å². The highest BCUT2D eigenvalue weighted by Gasteiger charge is 2.36. The second-order valence-corrected chi connectivity index (χ2v) is 5.42. The molecule has 1 aromatic carbocycles. The molecule has 0 atom stereocenters. The first-order valence-electron chi connectivity index (χ1n) is 6.36. The lowest BCUT2D eigenvalue weighted by molar-refractivity contribution is 0.287. The maximum Gasteiger partial charge on any atom is 0.141 e. The molecular weight excluding hydrogens is 253 g/mol. The van der Waals surface area contributed by atoms with E-state index in [0.717, 1.165) is 31.2 Å². The summed E-state index contributed by atoms with van der Waals surface area (Å²) >= 11 is 6.07. The van der Waals surface area contributed by atoms with Gasteiger partial charge in [0, 0.05) is 17.5 Å². The fourth-order valence-electron chi connectivity index (χ4n) is 2.97. The van der Waals surface area contributed by atoms with Crippen molar-refractivity contribution in [3.8, 4) is 5.75 Å². The van der Waals surface area contributed by atoms with Gasteiger partial charge < -0.3 is 10.5 Å². The molecule has 0 heterocycles. The minimum atomic E-state index is -0.325. The Bertz CT molecular complexity index is 430. The van der Waals surface area contributed by atoms with Crippen LogP contribution in [0.3, 0.4) is 0 Å². The number of hydrogen-bond acceptors (Lipinski definition) is 2. The minimum Gasteiger partial charge on any atom is -0.495 e. The highest BCUT2D eigenvalue weighted by atomic mass is 35.5. The molecule has 1 aromatic rings. The zero-order valence-corrected chi connectivity index (χ0v) is 11.4. The summed E-state index contributed by atoms with van der Waals surface area (Å²) in [4.78, 5) is 0. The highest BCUT2D eigenvalue weighted by molar-refractivity contribution is 6.32. The first-order valence-corrected chi connectivity index (χ1v) is 6.74. The summed E-state index contributed by atoms with van der Waals surface area (Å²) in [7, 11) is 1.57. The van der Waals surface area contributed by atoms with E-state index in [4.69, 9.17) is 22.1 Å². The molecule has 1 saturated carbocycles. The average Bonchev–Trinajstić information content (AvgIpc) is 2.38. The second-order valence-electron chi connectivity index (χ2n) is 5.01. The molecule has 0 aromatic heterocycles. The lowest BCUT2D eigenvalue weighted by atomic mass is 9.69. The molecule has 0 bridgehead atoms. The van der Waals surface area contributed by atoms with E-state index in [2.05, 4.69) is 0 Å². The van der Waals surface area contributed by atoms with Gasteiger partial charge in [0.15, 0.2) is 0 Å². The Labute approximate surface area is 112 Å². The van der Waals surface area contributed by atoms with Gasteiger partial charge in [0.1, 0.15) is 11.6 Å². The van der Waals surface area contributed by atoms with Crippen molar-refractivity contribution in [2.45, 2.75) is 37.5 Å². The summed E-state index contributed by atoms with van der Waals surface area (Å²) in [5, 5.41) is 0.325. The zero-order valence-electron chi connectivity index (χ0n) is 10.6. The Morgan fingerprint density at radius 2 is 2.00 bits per heavy atom. The van der Waals surface area contributed by atoms with Crippen LogP contribution in [-0.2, 0) is 5.41 Å². The first kappa shape index (κ1) is 13.6. The van der Waals surface area contributed by atoms with Crippen LogP contribution in [0.1, 0.15) is 37.7 Å². The molecule has 18 heavy (non-hydrogen) atoms. The van der Waals surface area contributed by atoms with Crippen molar-refractivity contribution in [1.82, 2.24) is 0 Å². The number of ether oxygens (including phenoxy) is 1. The maximum absolute atomic E-state index is 13.6. The average molecular weight is 272 g/mol. The molecule has 1 aliphatic carbocycles. The molecule has 0 saturated heterocycles. The van der Waals surface area contributed by atoms with Crippen LogP contribution in [0.5, 0.6) is 5.75 Å². The van der Waals surface area contributed by atoms with E-state index in [-0.39, 0.29) is 11.2 Å². The molecule has 0 radical (unpaired) electrons. The Balaban J connectivity index is 2.53. The normalized spacial score (nSPS) is 18.7. The van der Waals surface area contributed by atoms with E-state index in [1.54, 1.807) is 7.11 Å². The third-order valence-corrected chi connectivity index (χ3v) is 4.27. The Kier molecular flexibility index (Phi) is 4.13. The molecular formula is C14H19ClFNO. The largest absolute Gasteiger partial charge is 0.495 e. The van der Waals surface area contributed by atoms with E-state index in [0.29, 0.717) is 17.3 Å². The van der Waals surface area contributed by atoms with E-state index >= 15 is 0 Å². The summed E-state index contributed by atoms with van der Waals surface area (Å²) in [6.07, 6.45) is 5.40. The molecule has 0 spiro atoms. The van der Waals surface area contributed by atoms with Crippen LogP contribution >= 0.6 is 11.6 Å². The molecule has 0 unspecified atom stereocenters. The van der Waals surface area contributed by atoms with Crippen molar-refractivity contribution in [3.05, 3.63) is 28.5 Å². The predicted molar refractivity (Wildman–Crippen MR) is 71.8 cm³/mol. The number of halogens is 2. The summed E-state index contributed by atoms with van der Waals surface area (Å²) < 4.78 is 19.0. The van der Waals surface area contributed by atoms with E-state index in [9.17, 15) is 4.39 Å². The number of methoxy groups -OCH3 is 1. The van der Waals surface area contributed by atoms with E-state index in [1.165, 1.54) is 18.6 Å². The standard InChI is InChI=1S/C14H19ClFNO/c1-18-13-11(7-10(16)8-12(13)15)14(9-17)5-3-2-4-6-14/h7-8H,2-6,9,17H2,1H3. The maximum atomic E-state index is 13.6. The lowest BCUT2D eigenvalue weighted by Crippen LogP contribution is -2.37. The third-order valence-electron chi connectivity index (χ3n) is 3.99. The monoisotopic (exact) mass is 271 g/mol. The Hall–Kier alpha value is -0.800. The van der Waals surface area contributed by atoms with Gasteiger partial charge in [0.2, 0.25) is 0 Å². The summed E-state index contributed by atoms with van der Waals surface area (Å²) in [6, 6.07) is 2.82. The Morgan fingerprint density at radius 3 is 2.56 bits per heavy atom. The molecule has 0 aliphatic heterocycles. The lowest BCUT2D eigenvalue weighted by Gasteiger charge is -2.37. The summed E-state index contributed by atoms with van der Waals surface area (Å²) in [6.45, 7) is 0.503. The van der Waals surface area contributed by atoms with Crippen molar-refractivity contribution in [2.75, 3.05) is 13.7 Å². The van der Waals surface area contributed by atoms with E-state index in [1.807, 2.05) is 0 Å². The molecule has 2 nitrogen and oxygen atoms in total. The van der Waals surface area contributed by atoms with Gasteiger partial charge >= 0.3 is 0 Å². The number of rotatable bonds is 3. The van der Waals surface area contributed by atoms with Crippen molar-refractivity contribution in [3.63, 3.8) is 0 Å². The minimum absolute atomic E-state index is 0.185. The van der Waals surface area contributed by atoms with E-state index < -0.39 is 0 Å². The van der Waals surface area contributed by atoms with Gasteiger partial charge in [0.05, 0.1) is 12.1 Å². The van der Waals surface area contributed by atoms with Crippen molar-refractivity contribution >= 4 is 11.6 Å². The number of hydrogen-bond donors (Lipinski definition) is 1. The molecule has 1 fully saturated rings. The summed E-state index contributed by atoms with van der Waals surface area (Å²) in [5.74, 6) is 0.250. The molecule has 1 aliphatic rings. The number of nitrogens with two attached hydrogens (primary N) is 1. The first-order chi connectivity index (χ1) is 8.63. The molecule has 2 rings (SSSR count). The van der Waals surface area contributed by atoms with Gasteiger partial charge in [-0.2, -0.15) is 0 Å². The topological polar surface area (TPSA) is 35.2 Å². The fraction of sp³-hybridized carbons (Fsp3) is 0.571. The van der Waals surface area contributed by atoms with Gasteiger partial charge in [-0.1, -0.05) is 30.9 Å². The zero-order chi connectivity index (χ0) is 13.2. The van der Waals surface area contributed by atoms with Crippen LogP contribution in [0.25, 0.3) is 0 Å². The quantitative estimate of drug-likeness (QED) is 0.911. The second kappa shape index (κ2) is 5.45. The molecule has 100 valence electrons. The van der Waals surface area contributed by atoms with Gasteiger partial charge in [-0.25, -0.2) is 4.39 Å². The smallest absolute Gasteiger partial charge is 0.141 e. The predicted octanol–water partition coefficient (Wildman–Crippen LogP) is 3.65. The van der Waals surface area contributed by atoms with Crippen molar-refractivity contribution in [1.29, 1.82) is 0 Å². The van der Waals surface area contributed by atoms with Gasteiger partial charge in [0.25, 0.3) is 0 Å². The van der Waals surface area contributed by atoms with Gasteiger partial charge in [-0.05, 0) is 25.0 Å². The third kappa shape index (κ3) is 2.34. The molecule has 2 N–H and O–H groups in total. The Morgan fingerprint density at radius 1 is 1.33 bits per heavy atom.